The number of amides is 3. The molecule has 0 spiro atoms. The molecule has 19 nitrogen and oxygen atoms in total. The van der Waals surface area contributed by atoms with Gasteiger partial charge in [-0.05, 0) is 12.1 Å². The summed E-state index contributed by atoms with van der Waals surface area (Å²) < 4.78 is 64.6. The fraction of sp³-hybridized carbons (Fsp3) is 0.722. The van der Waals surface area contributed by atoms with Crippen LogP contribution in [0.15, 0.2) is 24.3 Å². The minimum atomic E-state index is -1.13. The standard InChI is InChI=1S/C36H58N2O17/c39-33(29-55-30-34(40)41)37-5-7-44-9-11-46-13-15-48-17-19-50-21-23-52-25-27-54-28-26-53-24-22-51-20-18-49-16-14-47-12-10-45-8-6-38-35(42)31-3-1-2-4-32(31)36(38)43/h1-4H,5-30H2,(H,37,39)(H,40,41). The molecular formula is C36H58N2O17. The van der Waals surface area contributed by atoms with Gasteiger partial charge >= 0.3 is 5.97 Å². The predicted octanol–water partition coefficient (Wildman–Crippen LogP) is -0.317. The summed E-state index contributed by atoms with van der Waals surface area (Å²) in [6.45, 7) is 8.91. The lowest BCUT2D eigenvalue weighted by Crippen LogP contribution is -2.33. The Labute approximate surface area is 321 Å². The summed E-state index contributed by atoms with van der Waals surface area (Å²) in [5.41, 5.74) is 0.867. The van der Waals surface area contributed by atoms with E-state index in [1.165, 1.54) is 4.90 Å². The van der Waals surface area contributed by atoms with E-state index in [-0.39, 0.29) is 31.6 Å². The first-order valence-electron chi connectivity index (χ1n) is 18.4. The van der Waals surface area contributed by atoms with Gasteiger partial charge in [0.05, 0.1) is 163 Å². The third-order valence-electron chi connectivity index (χ3n) is 7.08. The quantitative estimate of drug-likeness (QED) is 0.0644. The second-order valence-corrected chi connectivity index (χ2v) is 11.3. The number of rotatable bonds is 40. The third kappa shape index (κ3) is 25.6. The zero-order valence-corrected chi connectivity index (χ0v) is 31.6. The molecule has 0 bridgehead atoms. The van der Waals surface area contributed by atoms with Crippen LogP contribution in [0.1, 0.15) is 20.7 Å². The van der Waals surface area contributed by atoms with Crippen molar-refractivity contribution in [3.05, 3.63) is 35.4 Å². The van der Waals surface area contributed by atoms with E-state index in [1.54, 1.807) is 24.3 Å². The maximum atomic E-state index is 12.3. The van der Waals surface area contributed by atoms with Crippen LogP contribution in [0.5, 0.6) is 0 Å². The number of fused-ring (bicyclic) bond motifs is 1. The molecule has 1 aliphatic rings. The number of nitrogens with zero attached hydrogens (tertiary/aromatic N) is 1. The minimum Gasteiger partial charge on any atom is -0.480 e. The second-order valence-electron chi connectivity index (χ2n) is 11.3. The first-order chi connectivity index (χ1) is 27.0. The Kier molecular flexibility index (Phi) is 29.7. The lowest BCUT2D eigenvalue weighted by atomic mass is 10.1. The van der Waals surface area contributed by atoms with Crippen LogP contribution in [0.25, 0.3) is 0 Å². The number of benzene rings is 1. The van der Waals surface area contributed by atoms with Crippen molar-refractivity contribution in [3.8, 4) is 0 Å². The molecule has 0 fully saturated rings. The topological polar surface area (TPSA) is 215 Å². The molecular weight excluding hydrogens is 732 g/mol. The summed E-state index contributed by atoms with van der Waals surface area (Å²) in [5.74, 6) is -2.11. The number of carboxylic acid groups (broad SMARTS) is 1. The molecule has 0 saturated carbocycles. The van der Waals surface area contributed by atoms with Crippen molar-refractivity contribution in [2.24, 2.45) is 0 Å². The Morgan fingerprint density at radius 2 is 0.764 bits per heavy atom. The summed E-state index contributed by atoms with van der Waals surface area (Å²) in [4.78, 5) is 47.5. The van der Waals surface area contributed by atoms with Crippen molar-refractivity contribution in [3.63, 3.8) is 0 Å². The third-order valence-corrected chi connectivity index (χ3v) is 7.08. The summed E-state index contributed by atoms with van der Waals surface area (Å²) in [7, 11) is 0. The molecule has 1 aliphatic heterocycles. The number of nitrogens with one attached hydrogen (secondary N) is 1. The molecule has 1 aromatic rings. The number of ether oxygens (including phenoxy) is 12. The van der Waals surface area contributed by atoms with Crippen molar-refractivity contribution < 1.29 is 81.1 Å². The summed E-state index contributed by atoms with van der Waals surface area (Å²) in [6.07, 6.45) is 0. The van der Waals surface area contributed by atoms with E-state index in [0.717, 1.165) is 0 Å². The van der Waals surface area contributed by atoms with Crippen molar-refractivity contribution in [2.45, 2.75) is 0 Å². The van der Waals surface area contributed by atoms with E-state index in [4.69, 9.17) is 57.2 Å². The largest absolute Gasteiger partial charge is 0.480 e. The van der Waals surface area contributed by atoms with Crippen LogP contribution in [0.4, 0.5) is 0 Å². The molecule has 0 aliphatic carbocycles. The maximum Gasteiger partial charge on any atom is 0.329 e. The van der Waals surface area contributed by atoms with Gasteiger partial charge in [0, 0.05) is 6.54 Å². The number of carbonyl (C=O) groups is 4. The van der Waals surface area contributed by atoms with Crippen molar-refractivity contribution in [2.75, 3.05) is 172 Å². The van der Waals surface area contributed by atoms with Gasteiger partial charge in [-0.1, -0.05) is 12.1 Å². The fourth-order valence-electron chi connectivity index (χ4n) is 4.44. The maximum absolute atomic E-state index is 12.3. The molecule has 314 valence electrons. The number of imide groups is 1. The predicted molar refractivity (Wildman–Crippen MR) is 192 cm³/mol. The number of aliphatic carboxylic acids is 1. The zero-order valence-electron chi connectivity index (χ0n) is 31.6. The van der Waals surface area contributed by atoms with E-state index >= 15 is 0 Å². The van der Waals surface area contributed by atoms with Gasteiger partial charge in [0.25, 0.3) is 11.8 Å². The number of hydrogen-bond donors (Lipinski definition) is 2. The fourth-order valence-corrected chi connectivity index (χ4v) is 4.44. The highest BCUT2D eigenvalue weighted by Crippen LogP contribution is 2.21. The van der Waals surface area contributed by atoms with Crippen molar-refractivity contribution in [1.82, 2.24) is 10.2 Å². The molecule has 0 aromatic heterocycles. The number of carbonyl (C=O) groups excluding carboxylic acids is 3. The van der Waals surface area contributed by atoms with Gasteiger partial charge in [-0.3, -0.25) is 19.3 Å². The van der Waals surface area contributed by atoms with Gasteiger partial charge in [-0.15, -0.1) is 0 Å². The van der Waals surface area contributed by atoms with Crippen LogP contribution in [-0.4, -0.2) is 205 Å². The van der Waals surface area contributed by atoms with Gasteiger partial charge in [0.1, 0.15) is 13.2 Å². The molecule has 2 rings (SSSR count). The highest BCUT2D eigenvalue weighted by Gasteiger charge is 2.34. The molecule has 3 amide bonds. The van der Waals surface area contributed by atoms with Gasteiger partial charge in [-0.25, -0.2) is 4.79 Å². The lowest BCUT2D eigenvalue weighted by Gasteiger charge is -2.13. The van der Waals surface area contributed by atoms with Gasteiger partial charge in [0.15, 0.2) is 0 Å². The summed E-state index contributed by atoms with van der Waals surface area (Å²) in [6, 6.07) is 6.79. The first kappa shape index (κ1) is 48.0. The second kappa shape index (κ2) is 34.1. The van der Waals surface area contributed by atoms with E-state index in [2.05, 4.69) is 10.1 Å². The first-order valence-corrected chi connectivity index (χ1v) is 18.4. The van der Waals surface area contributed by atoms with Gasteiger partial charge in [-0.2, -0.15) is 0 Å². The van der Waals surface area contributed by atoms with Crippen LogP contribution >= 0.6 is 0 Å². The Morgan fingerprint density at radius 3 is 1.09 bits per heavy atom. The molecule has 55 heavy (non-hydrogen) atoms. The van der Waals surface area contributed by atoms with E-state index in [1.807, 2.05) is 0 Å². The SMILES string of the molecule is O=C(O)COCC(=O)NCCOCCOCCOCCOCCOCCOCCOCCOCCOCCOCCOCCN1C(=O)c2ccccc2C1=O. The molecule has 0 unspecified atom stereocenters. The van der Waals surface area contributed by atoms with E-state index in [0.29, 0.717) is 156 Å². The van der Waals surface area contributed by atoms with E-state index < -0.39 is 18.5 Å². The monoisotopic (exact) mass is 790 g/mol. The zero-order chi connectivity index (χ0) is 39.4. The molecule has 0 saturated heterocycles. The Balaban J connectivity index is 1.16. The molecule has 0 radical (unpaired) electrons. The smallest absolute Gasteiger partial charge is 0.329 e. The van der Waals surface area contributed by atoms with Crippen molar-refractivity contribution >= 4 is 23.7 Å². The highest BCUT2D eigenvalue weighted by atomic mass is 16.6. The molecule has 19 heteroatoms. The summed E-state index contributed by atoms with van der Waals surface area (Å²) in [5, 5.41) is 11.0. The van der Waals surface area contributed by atoms with Gasteiger partial charge < -0.3 is 67.3 Å². The Morgan fingerprint density at radius 1 is 0.455 bits per heavy atom. The molecule has 0 atom stereocenters. The average Bonchev–Trinajstić information content (AvgIpc) is 3.42. The molecule has 1 heterocycles. The highest BCUT2D eigenvalue weighted by molar-refractivity contribution is 6.21. The number of carboxylic acids is 1. The average molecular weight is 791 g/mol. The van der Waals surface area contributed by atoms with Crippen LogP contribution in [0, 0.1) is 0 Å². The normalized spacial score (nSPS) is 12.5. The van der Waals surface area contributed by atoms with Crippen LogP contribution in [0.3, 0.4) is 0 Å². The van der Waals surface area contributed by atoms with E-state index in [9.17, 15) is 19.2 Å². The van der Waals surface area contributed by atoms with Crippen molar-refractivity contribution in [1.29, 1.82) is 0 Å². The van der Waals surface area contributed by atoms with Crippen LogP contribution < -0.4 is 5.32 Å². The van der Waals surface area contributed by atoms with Crippen LogP contribution in [0.2, 0.25) is 0 Å². The molecule has 2 N–H and O–H groups in total. The Bertz CT molecular complexity index is 1130. The van der Waals surface area contributed by atoms with Crippen LogP contribution in [-0.2, 0) is 66.4 Å². The minimum absolute atomic E-state index is 0.204. The Hall–Kier alpha value is -3.18. The number of hydrogen-bond acceptors (Lipinski definition) is 16. The molecule has 1 aromatic carbocycles. The summed E-state index contributed by atoms with van der Waals surface area (Å²) >= 11 is 0. The van der Waals surface area contributed by atoms with Gasteiger partial charge in [0.2, 0.25) is 5.91 Å². The lowest BCUT2D eigenvalue weighted by molar-refractivity contribution is -0.143.